The first-order valence-electron chi connectivity index (χ1n) is 8.99. The summed E-state index contributed by atoms with van der Waals surface area (Å²) in [7, 11) is 0. The number of rotatable bonds is 5. The Balaban J connectivity index is 0.00000240. The number of piperazine rings is 1. The lowest BCUT2D eigenvalue weighted by atomic mass is 10.1. The number of hydrogen-bond donors (Lipinski definition) is 1. The van der Waals surface area contributed by atoms with Crippen LogP contribution in [-0.2, 0) is 6.54 Å². The first-order valence-corrected chi connectivity index (χ1v) is 9.37. The van der Waals surface area contributed by atoms with E-state index < -0.39 is 4.92 Å². The standard InChI is InChI=1S/C20H19ClN4O3.ClH/c21-18-10-15(25(26)27)3-5-17(18)20-6-4-16(28-20)13-24-9-8-23-12-19(24)14-2-1-7-22-11-14;/h1-7,10-11,19,23H,8-9,12-13H2;1H. The zero-order valence-corrected chi connectivity index (χ0v) is 17.0. The van der Waals surface area contributed by atoms with Crippen molar-refractivity contribution in [3.63, 3.8) is 0 Å². The largest absolute Gasteiger partial charge is 0.460 e. The van der Waals surface area contributed by atoms with E-state index in [4.69, 9.17) is 16.0 Å². The smallest absolute Gasteiger partial charge is 0.270 e. The molecule has 2 aromatic heterocycles. The third-order valence-electron chi connectivity index (χ3n) is 4.87. The Morgan fingerprint density at radius 3 is 2.90 bits per heavy atom. The minimum absolute atomic E-state index is 0. The number of nitro benzene ring substituents is 1. The topological polar surface area (TPSA) is 84.4 Å². The monoisotopic (exact) mass is 434 g/mol. The van der Waals surface area contributed by atoms with E-state index in [2.05, 4.69) is 21.3 Å². The van der Waals surface area contributed by atoms with E-state index in [-0.39, 0.29) is 24.1 Å². The van der Waals surface area contributed by atoms with E-state index in [0.717, 1.165) is 25.4 Å². The molecular weight excluding hydrogens is 415 g/mol. The van der Waals surface area contributed by atoms with E-state index in [1.165, 1.54) is 17.7 Å². The summed E-state index contributed by atoms with van der Waals surface area (Å²) < 4.78 is 6.01. The van der Waals surface area contributed by atoms with E-state index in [1.54, 1.807) is 12.3 Å². The van der Waals surface area contributed by atoms with E-state index in [9.17, 15) is 10.1 Å². The molecule has 1 unspecified atom stereocenters. The van der Waals surface area contributed by atoms with Gasteiger partial charge in [0.15, 0.2) is 0 Å². The molecule has 1 aliphatic heterocycles. The van der Waals surface area contributed by atoms with Crippen LogP contribution in [0.15, 0.2) is 59.3 Å². The first kappa shape index (κ1) is 21.3. The molecule has 3 heterocycles. The molecule has 0 bridgehead atoms. The number of benzene rings is 1. The van der Waals surface area contributed by atoms with Crippen LogP contribution in [0.4, 0.5) is 5.69 Å². The van der Waals surface area contributed by atoms with E-state index in [0.29, 0.717) is 22.9 Å². The van der Waals surface area contributed by atoms with Crippen LogP contribution in [0.5, 0.6) is 0 Å². The van der Waals surface area contributed by atoms with Crippen molar-refractivity contribution >= 4 is 29.7 Å². The molecule has 0 spiro atoms. The summed E-state index contributed by atoms with van der Waals surface area (Å²) in [5.41, 5.74) is 1.77. The molecule has 152 valence electrons. The maximum Gasteiger partial charge on any atom is 0.270 e. The number of nitrogens with zero attached hydrogens (tertiary/aromatic N) is 3. The predicted octanol–water partition coefficient (Wildman–Crippen LogP) is 4.47. The van der Waals surface area contributed by atoms with Crippen LogP contribution in [-0.4, -0.2) is 34.4 Å². The Hall–Kier alpha value is -2.45. The summed E-state index contributed by atoms with van der Waals surface area (Å²) in [6.45, 7) is 3.33. The van der Waals surface area contributed by atoms with Gasteiger partial charge in [0.1, 0.15) is 11.5 Å². The van der Waals surface area contributed by atoms with Gasteiger partial charge in [0.2, 0.25) is 0 Å². The summed E-state index contributed by atoms with van der Waals surface area (Å²) in [5.74, 6) is 1.42. The molecule has 29 heavy (non-hydrogen) atoms. The zero-order chi connectivity index (χ0) is 19.5. The van der Waals surface area contributed by atoms with Crippen molar-refractivity contribution in [3.05, 3.63) is 81.3 Å². The number of nitro groups is 1. The van der Waals surface area contributed by atoms with Crippen molar-refractivity contribution in [3.8, 4) is 11.3 Å². The second-order valence-electron chi connectivity index (χ2n) is 6.66. The van der Waals surface area contributed by atoms with Crippen molar-refractivity contribution in [2.45, 2.75) is 12.6 Å². The fraction of sp³-hybridized carbons (Fsp3) is 0.250. The molecule has 4 rings (SSSR count). The van der Waals surface area contributed by atoms with Gasteiger partial charge in [-0.05, 0) is 29.8 Å². The molecule has 7 nitrogen and oxygen atoms in total. The Labute approximate surface area is 179 Å². The SMILES string of the molecule is Cl.O=[N+]([O-])c1ccc(-c2ccc(CN3CCNCC3c3cccnc3)o2)c(Cl)c1. The molecule has 0 aliphatic carbocycles. The Morgan fingerprint density at radius 1 is 1.31 bits per heavy atom. The average Bonchev–Trinajstić information content (AvgIpc) is 3.17. The van der Waals surface area contributed by atoms with Crippen molar-refractivity contribution in [1.82, 2.24) is 15.2 Å². The van der Waals surface area contributed by atoms with Gasteiger partial charge >= 0.3 is 0 Å². The van der Waals surface area contributed by atoms with Gasteiger partial charge in [-0.2, -0.15) is 0 Å². The highest BCUT2D eigenvalue weighted by Crippen LogP contribution is 2.33. The molecule has 9 heteroatoms. The molecule has 0 radical (unpaired) electrons. The number of furan rings is 1. The minimum Gasteiger partial charge on any atom is -0.460 e. The molecule has 1 aromatic carbocycles. The summed E-state index contributed by atoms with van der Waals surface area (Å²) in [5, 5.41) is 14.6. The van der Waals surface area contributed by atoms with Crippen LogP contribution in [0.25, 0.3) is 11.3 Å². The van der Waals surface area contributed by atoms with Gasteiger partial charge in [-0.1, -0.05) is 17.7 Å². The van der Waals surface area contributed by atoms with Crippen LogP contribution in [0.1, 0.15) is 17.4 Å². The van der Waals surface area contributed by atoms with Crippen LogP contribution >= 0.6 is 24.0 Å². The number of aromatic nitrogens is 1. The minimum atomic E-state index is -0.466. The van der Waals surface area contributed by atoms with Gasteiger partial charge in [-0.15, -0.1) is 12.4 Å². The van der Waals surface area contributed by atoms with Crippen LogP contribution < -0.4 is 5.32 Å². The number of pyridine rings is 1. The number of nitrogens with one attached hydrogen (secondary N) is 1. The molecule has 1 N–H and O–H groups in total. The quantitative estimate of drug-likeness (QED) is 0.470. The highest BCUT2D eigenvalue weighted by Gasteiger charge is 2.25. The maximum absolute atomic E-state index is 10.9. The molecule has 1 atom stereocenters. The van der Waals surface area contributed by atoms with E-state index >= 15 is 0 Å². The Kier molecular flexibility index (Phi) is 6.87. The molecular formula is C20H20Cl2N4O3. The second kappa shape index (κ2) is 9.37. The lowest BCUT2D eigenvalue weighted by Crippen LogP contribution is -2.45. The molecule has 3 aromatic rings. The van der Waals surface area contributed by atoms with Gasteiger partial charge in [0.25, 0.3) is 5.69 Å². The number of hydrogen-bond acceptors (Lipinski definition) is 6. The zero-order valence-electron chi connectivity index (χ0n) is 15.5. The van der Waals surface area contributed by atoms with Gasteiger partial charge in [-0.25, -0.2) is 0 Å². The highest BCUT2D eigenvalue weighted by molar-refractivity contribution is 6.33. The van der Waals surface area contributed by atoms with Crippen molar-refractivity contribution in [2.75, 3.05) is 19.6 Å². The molecule has 1 saturated heterocycles. The predicted molar refractivity (Wildman–Crippen MR) is 113 cm³/mol. The highest BCUT2D eigenvalue weighted by atomic mass is 35.5. The summed E-state index contributed by atoms with van der Waals surface area (Å²) in [6.07, 6.45) is 3.67. The lowest BCUT2D eigenvalue weighted by Gasteiger charge is -2.35. The lowest BCUT2D eigenvalue weighted by molar-refractivity contribution is -0.384. The fourth-order valence-corrected chi connectivity index (χ4v) is 3.73. The summed E-state index contributed by atoms with van der Waals surface area (Å²) >= 11 is 6.22. The summed E-state index contributed by atoms with van der Waals surface area (Å²) in [4.78, 5) is 17.0. The van der Waals surface area contributed by atoms with Gasteiger partial charge in [-0.3, -0.25) is 20.0 Å². The average molecular weight is 435 g/mol. The van der Waals surface area contributed by atoms with Crippen LogP contribution in [0, 0.1) is 10.1 Å². The summed E-state index contributed by atoms with van der Waals surface area (Å²) in [6, 6.07) is 12.4. The van der Waals surface area contributed by atoms with E-state index in [1.807, 2.05) is 24.4 Å². The van der Waals surface area contributed by atoms with Crippen LogP contribution in [0.3, 0.4) is 0 Å². The van der Waals surface area contributed by atoms with Crippen molar-refractivity contribution < 1.29 is 9.34 Å². The molecule has 1 fully saturated rings. The molecule has 1 aliphatic rings. The fourth-order valence-electron chi connectivity index (χ4n) is 3.46. The van der Waals surface area contributed by atoms with Gasteiger partial charge in [0.05, 0.1) is 16.5 Å². The third kappa shape index (κ3) is 4.76. The van der Waals surface area contributed by atoms with Crippen LogP contribution in [0.2, 0.25) is 5.02 Å². The Bertz CT molecular complexity index is 981. The normalized spacial score (nSPS) is 16.9. The van der Waals surface area contributed by atoms with Crippen molar-refractivity contribution in [2.24, 2.45) is 0 Å². The maximum atomic E-state index is 10.9. The van der Waals surface area contributed by atoms with Crippen molar-refractivity contribution in [1.29, 1.82) is 0 Å². The van der Waals surface area contributed by atoms with Gasteiger partial charge < -0.3 is 9.73 Å². The number of non-ortho nitro benzene ring substituents is 1. The Morgan fingerprint density at radius 2 is 2.17 bits per heavy atom. The number of halogens is 2. The van der Waals surface area contributed by atoms with Gasteiger partial charge in [0, 0.05) is 55.8 Å². The second-order valence-corrected chi connectivity index (χ2v) is 7.07. The third-order valence-corrected chi connectivity index (χ3v) is 5.19. The molecule has 0 amide bonds. The first-order chi connectivity index (χ1) is 13.6. The molecule has 0 saturated carbocycles.